The molecule has 0 amide bonds. The number of halogens is 2. The van der Waals surface area contributed by atoms with E-state index in [0.29, 0.717) is 6.42 Å². The monoisotopic (exact) mass is 254 g/mol. The largest absolute Gasteiger partial charge is 0.281 e. The van der Waals surface area contributed by atoms with Crippen molar-refractivity contribution in [1.29, 1.82) is 5.26 Å². The Hall–Kier alpha value is -1.93. The molecule has 0 aliphatic rings. The molecule has 1 aromatic rings. The van der Waals surface area contributed by atoms with E-state index in [9.17, 15) is 14.5 Å². The van der Waals surface area contributed by atoms with E-state index in [4.69, 9.17) is 16.9 Å². The summed E-state index contributed by atoms with van der Waals surface area (Å²) in [6, 6.07) is 4.90. The van der Waals surface area contributed by atoms with E-state index in [1.807, 2.05) is 6.07 Å². The van der Waals surface area contributed by atoms with Crippen molar-refractivity contribution >= 4 is 22.3 Å². The Morgan fingerprint density at radius 1 is 1.65 bits per heavy atom. The van der Waals surface area contributed by atoms with Gasteiger partial charge in [0.05, 0.1) is 27.7 Å². The average molecular weight is 255 g/mol. The van der Waals surface area contributed by atoms with Crippen LogP contribution in [0.25, 0.3) is 5.03 Å². The van der Waals surface area contributed by atoms with Crippen LogP contribution in [0.5, 0.6) is 0 Å². The number of hydrogen-bond donors (Lipinski definition) is 0. The molecule has 88 valence electrons. The van der Waals surface area contributed by atoms with Gasteiger partial charge in [0.15, 0.2) is 0 Å². The Balaban J connectivity index is 3.47. The number of rotatable bonds is 3. The summed E-state index contributed by atoms with van der Waals surface area (Å²) in [6.45, 7) is 1.70. The van der Waals surface area contributed by atoms with Gasteiger partial charge in [-0.2, -0.15) is 5.26 Å². The number of hydrogen-bond acceptors (Lipinski definition) is 3. The van der Waals surface area contributed by atoms with Crippen LogP contribution in [0.15, 0.2) is 23.8 Å². The molecule has 0 atom stereocenters. The topological polar surface area (TPSA) is 66.9 Å². The summed E-state index contributed by atoms with van der Waals surface area (Å²) in [5.74, 6) is -0.722. The number of benzene rings is 1. The predicted molar refractivity (Wildman–Crippen MR) is 61.7 cm³/mol. The second-order valence-corrected chi connectivity index (χ2v) is 3.55. The van der Waals surface area contributed by atoms with Crippen LogP contribution in [0, 0.1) is 27.3 Å². The summed E-state index contributed by atoms with van der Waals surface area (Å²) in [4.78, 5) is 10.0. The molecule has 0 aliphatic carbocycles. The Labute approximate surface area is 102 Å². The Morgan fingerprint density at radius 2 is 2.29 bits per heavy atom. The van der Waals surface area contributed by atoms with Crippen molar-refractivity contribution in [3.05, 3.63) is 45.3 Å². The lowest BCUT2D eigenvalue weighted by atomic mass is 10.1. The molecule has 1 rings (SSSR count). The van der Waals surface area contributed by atoms with Crippen molar-refractivity contribution in [2.45, 2.75) is 13.3 Å². The zero-order chi connectivity index (χ0) is 13.0. The van der Waals surface area contributed by atoms with E-state index >= 15 is 0 Å². The van der Waals surface area contributed by atoms with Gasteiger partial charge >= 0.3 is 0 Å². The highest BCUT2D eigenvalue weighted by Gasteiger charge is 2.19. The smallest absolute Gasteiger partial charge is 0.258 e. The third-order valence-electron chi connectivity index (χ3n) is 2.15. The maximum absolute atomic E-state index is 12.9. The van der Waals surface area contributed by atoms with Crippen LogP contribution in [-0.2, 0) is 0 Å². The summed E-state index contributed by atoms with van der Waals surface area (Å²) < 4.78 is 12.9. The minimum Gasteiger partial charge on any atom is -0.258 e. The molecule has 0 saturated heterocycles. The molecule has 0 spiro atoms. The summed E-state index contributed by atoms with van der Waals surface area (Å²) in [6.07, 6.45) is 0.351. The summed E-state index contributed by atoms with van der Waals surface area (Å²) in [5.41, 5.74) is -0.172. The van der Waals surface area contributed by atoms with E-state index in [-0.39, 0.29) is 16.2 Å². The number of nitrogens with zero attached hydrogens (tertiary/aromatic N) is 2. The predicted octanol–water partition coefficient (Wildman–Crippen LogP) is 3.62. The highest BCUT2D eigenvalue weighted by Crippen LogP contribution is 2.32. The Kier molecular flexibility index (Phi) is 4.18. The van der Waals surface area contributed by atoms with E-state index in [2.05, 4.69) is 0 Å². The third kappa shape index (κ3) is 2.80. The van der Waals surface area contributed by atoms with Gasteiger partial charge in [-0.25, -0.2) is 4.39 Å². The maximum atomic E-state index is 12.9. The highest BCUT2D eigenvalue weighted by atomic mass is 35.5. The molecule has 6 heteroatoms. The molecule has 0 unspecified atom stereocenters. The lowest BCUT2D eigenvalue weighted by Crippen LogP contribution is -1.95. The van der Waals surface area contributed by atoms with Crippen molar-refractivity contribution in [2.24, 2.45) is 0 Å². The highest BCUT2D eigenvalue weighted by molar-refractivity contribution is 6.50. The fraction of sp³-hybridized carbons (Fsp3) is 0.182. The molecular formula is C11H8ClFN2O2. The van der Waals surface area contributed by atoms with Gasteiger partial charge in [-0.15, -0.1) is 0 Å². The fourth-order valence-electron chi connectivity index (χ4n) is 1.29. The van der Waals surface area contributed by atoms with E-state index in [1.165, 1.54) is 6.07 Å². The Morgan fingerprint density at radius 3 is 2.76 bits per heavy atom. The Bertz CT molecular complexity index is 535. The molecule has 0 saturated carbocycles. The first kappa shape index (κ1) is 13.1. The van der Waals surface area contributed by atoms with Gasteiger partial charge in [0, 0.05) is 5.57 Å². The molecular weight excluding hydrogens is 247 g/mol. The number of allylic oxidation sites excluding steroid dienone is 1. The minimum absolute atomic E-state index is 0.0123. The molecule has 17 heavy (non-hydrogen) atoms. The molecule has 1 aromatic carbocycles. The summed E-state index contributed by atoms with van der Waals surface area (Å²) in [7, 11) is 0. The molecule has 0 heterocycles. The van der Waals surface area contributed by atoms with E-state index in [0.717, 1.165) is 12.1 Å². The molecule has 4 nitrogen and oxygen atoms in total. The van der Waals surface area contributed by atoms with Gasteiger partial charge in [0.25, 0.3) is 5.69 Å². The van der Waals surface area contributed by atoms with Crippen LogP contribution in [-0.4, -0.2) is 4.92 Å². The normalized spacial score (nSPS) is 11.6. The van der Waals surface area contributed by atoms with Gasteiger partial charge in [0.1, 0.15) is 5.82 Å². The molecule has 0 aliphatic heterocycles. The van der Waals surface area contributed by atoms with Gasteiger partial charge in [0.2, 0.25) is 0 Å². The van der Waals surface area contributed by atoms with Crippen molar-refractivity contribution in [3.8, 4) is 6.07 Å². The summed E-state index contributed by atoms with van der Waals surface area (Å²) >= 11 is 5.90. The lowest BCUT2D eigenvalue weighted by molar-refractivity contribution is -0.385. The van der Waals surface area contributed by atoms with Gasteiger partial charge in [-0.3, -0.25) is 10.1 Å². The molecule has 0 aromatic heterocycles. The maximum Gasteiger partial charge on any atom is 0.281 e. The van der Waals surface area contributed by atoms with Gasteiger partial charge in [-0.1, -0.05) is 18.5 Å². The van der Waals surface area contributed by atoms with Crippen LogP contribution in [0.1, 0.15) is 18.9 Å². The minimum atomic E-state index is -0.731. The number of nitro groups is 1. The van der Waals surface area contributed by atoms with Crippen molar-refractivity contribution in [3.63, 3.8) is 0 Å². The van der Waals surface area contributed by atoms with E-state index < -0.39 is 16.4 Å². The number of nitriles is 1. The fourth-order valence-corrected chi connectivity index (χ4v) is 1.62. The van der Waals surface area contributed by atoms with E-state index in [1.54, 1.807) is 6.92 Å². The van der Waals surface area contributed by atoms with Crippen molar-refractivity contribution in [1.82, 2.24) is 0 Å². The first-order valence-corrected chi connectivity index (χ1v) is 5.12. The number of nitro benzene ring substituents is 1. The third-order valence-corrected chi connectivity index (χ3v) is 2.58. The quantitative estimate of drug-likeness (QED) is 0.470. The van der Waals surface area contributed by atoms with Crippen molar-refractivity contribution < 1.29 is 9.31 Å². The average Bonchev–Trinajstić information content (AvgIpc) is 2.30. The van der Waals surface area contributed by atoms with Crippen molar-refractivity contribution in [2.75, 3.05) is 0 Å². The van der Waals surface area contributed by atoms with Crippen LogP contribution in [0.2, 0.25) is 0 Å². The zero-order valence-corrected chi connectivity index (χ0v) is 9.66. The molecule has 0 fully saturated rings. The summed E-state index contributed by atoms with van der Waals surface area (Å²) in [5, 5.41) is 19.5. The second kappa shape index (κ2) is 5.41. The molecule has 0 N–H and O–H groups in total. The van der Waals surface area contributed by atoms with Crippen LogP contribution < -0.4 is 0 Å². The van der Waals surface area contributed by atoms with Crippen LogP contribution in [0.3, 0.4) is 0 Å². The van der Waals surface area contributed by atoms with Gasteiger partial charge < -0.3 is 0 Å². The first-order valence-electron chi connectivity index (χ1n) is 4.74. The second-order valence-electron chi connectivity index (χ2n) is 3.18. The van der Waals surface area contributed by atoms with Crippen LogP contribution >= 0.6 is 11.6 Å². The molecule has 0 bridgehead atoms. The lowest BCUT2D eigenvalue weighted by Gasteiger charge is -2.03. The first-order chi connectivity index (χ1) is 8.01. The standard InChI is InChI=1S/C11H8ClFN2O2/c1-2-7(6-14)11(12)9-4-3-8(13)5-10(9)15(16)17/h3-5H,2H2,1H3/b11-7-. The SMILES string of the molecule is CC/C(C#N)=C(/Cl)c1ccc(F)cc1[N+](=O)[O-]. The van der Waals surface area contributed by atoms with Crippen LogP contribution in [0.4, 0.5) is 10.1 Å². The van der Waals surface area contributed by atoms with Gasteiger partial charge in [-0.05, 0) is 18.6 Å². The zero-order valence-electron chi connectivity index (χ0n) is 8.91. The molecule has 0 radical (unpaired) electrons.